The van der Waals surface area contributed by atoms with Crippen LogP contribution in [0.1, 0.15) is 43.5 Å². The molecule has 36 heavy (non-hydrogen) atoms. The third kappa shape index (κ3) is 5.08. The molecular weight excluding hydrogens is 450 g/mol. The number of carbonyl (C=O) groups excluding carboxylic acids is 1. The van der Waals surface area contributed by atoms with Crippen molar-refractivity contribution in [1.29, 1.82) is 0 Å². The van der Waals surface area contributed by atoms with Gasteiger partial charge in [-0.1, -0.05) is 42.0 Å². The van der Waals surface area contributed by atoms with Gasteiger partial charge in [-0.25, -0.2) is 4.98 Å². The number of aryl methyl sites for hydroxylation is 2. The van der Waals surface area contributed by atoms with E-state index in [2.05, 4.69) is 41.8 Å². The first kappa shape index (κ1) is 23.9. The summed E-state index contributed by atoms with van der Waals surface area (Å²) < 4.78 is 14.0. The van der Waals surface area contributed by atoms with Gasteiger partial charge in [0, 0.05) is 25.4 Å². The van der Waals surface area contributed by atoms with Gasteiger partial charge in [-0.05, 0) is 63.1 Å². The average molecular weight is 484 g/mol. The lowest BCUT2D eigenvalue weighted by Gasteiger charge is -2.20. The molecule has 2 heterocycles. The Balaban J connectivity index is 1.30. The van der Waals surface area contributed by atoms with E-state index in [-0.39, 0.29) is 11.8 Å². The smallest absolute Gasteiger partial charge is 0.227 e. The first-order chi connectivity index (χ1) is 17.6. The number of anilines is 1. The summed E-state index contributed by atoms with van der Waals surface area (Å²) in [5.41, 5.74) is 4.16. The topological polar surface area (TPSA) is 56.6 Å². The number of para-hydroxylation sites is 4. The van der Waals surface area contributed by atoms with Crippen molar-refractivity contribution < 1.29 is 14.3 Å². The van der Waals surface area contributed by atoms with Crippen LogP contribution in [0.2, 0.25) is 0 Å². The lowest BCUT2D eigenvalue weighted by molar-refractivity contribution is -0.117. The van der Waals surface area contributed by atoms with Crippen molar-refractivity contribution >= 4 is 22.6 Å². The normalized spacial score (nSPS) is 15.6. The van der Waals surface area contributed by atoms with Crippen molar-refractivity contribution in [3.63, 3.8) is 0 Å². The molecule has 186 valence electrons. The number of hydrogen-bond donors (Lipinski definition) is 0. The zero-order valence-electron chi connectivity index (χ0n) is 21.0. The minimum absolute atomic E-state index is 0.0309. The Morgan fingerprint density at radius 1 is 0.944 bits per heavy atom. The molecule has 0 saturated carbocycles. The number of hydrogen-bond acceptors (Lipinski definition) is 4. The van der Waals surface area contributed by atoms with E-state index < -0.39 is 0 Å². The molecule has 6 heteroatoms. The number of nitrogens with zero attached hydrogens (tertiary/aromatic N) is 3. The van der Waals surface area contributed by atoms with Crippen LogP contribution in [0.25, 0.3) is 11.0 Å². The number of amides is 1. The van der Waals surface area contributed by atoms with Gasteiger partial charge in [0.05, 0.1) is 29.9 Å². The van der Waals surface area contributed by atoms with Crippen LogP contribution in [0.4, 0.5) is 5.69 Å². The Morgan fingerprint density at radius 3 is 2.56 bits per heavy atom. The van der Waals surface area contributed by atoms with Crippen LogP contribution in [-0.4, -0.2) is 35.2 Å². The molecule has 1 saturated heterocycles. The van der Waals surface area contributed by atoms with Crippen LogP contribution in [0, 0.1) is 6.92 Å². The fraction of sp³-hybridized carbons (Fsp3) is 0.333. The Bertz CT molecular complexity index is 1330. The van der Waals surface area contributed by atoms with E-state index in [1.807, 2.05) is 54.3 Å². The molecule has 0 aliphatic carbocycles. The van der Waals surface area contributed by atoms with E-state index in [1.54, 1.807) is 0 Å². The Kier molecular flexibility index (Phi) is 7.21. The number of carbonyl (C=O) groups is 1. The zero-order chi connectivity index (χ0) is 24.9. The molecule has 0 spiro atoms. The minimum atomic E-state index is 0.0309. The molecule has 1 aliphatic heterocycles. The summed E-state index contributed by atoms with van der Waals surface area (Å²) in [7, 11) is 0. The van der Waals surface area contributed by atoms with Gasteiger partial charge in [-0.15, -0.1) is 0 Å². The minimum Gasteiger partial charge on any atom is -0.494 e. The number of unbranched alkanes of at least 4 members (excludes halogenated alkanes) is 1. The SMILES string of the molecule is CCOc1ccccc1N1CC(c2nc3ccccc3n2CCCCOc2ccc(C)cc2)CC1=O. The molecule has 5 rings (SSSR count). The number of rotatable bonds is 10. The van der Waals surface area contributed by atoms with E-state index >= 15 is 0 Å². The molecule has 3 aromatic carbocycles. The summed E-state index contributed by atoms with van der Waals surface area (Å²) in [6, 6.07) is 24.2. The summed E-state index contributed by atoms with van der Waals surface area (Å²) >= 11 is 0. The lowest BCUT2D eigenvalue weighted by Crippen LogP contribution is -2.25. The molecule has 1 amide bonds. The fourth-order valence-corrected chi connectivity index (χ4v) is 4.91. The molecular formula is C30H33N3O3. The average Bonchev–Trinajstić information content (AvgIpc) is 3.46. The molecule has 1 fully saturated rings. The van der Waals surface area contributed by atoms with Gasteiger partial charge in [0.25, 0.3) is 0 Å². The van der Waals surface area contributed by atoms with Crippen molar-refractivity contribution in [2.75, 3.05) is 24.7 Å². The van der Waals surface area contributed by atoms with E-state index in [0.29, 0.717) is 26.2 Å². The molecule has 1 aromatic heterocycles. The van der Waals surface area contributed by atoms with Crippen LogP contribution >= 0.6 is 0 Å². The van der Waals surface area contributed by atoms with Crippen LogP contribution < -0.4 is 14.4 Å². The Morgan fingerprint density at radius 2 is 1.72 bits per heavy atom. The zero-order valence-corrected chi connectivity index (χ0v) is 21.0. The first-order valence-corrected chi connectivity index (χ1v) is 12.8. The van der Waals surface area contributed by atoms with E-state index in [1.165, 1.54) is 5.56 Å². The van der Waals surface area contributed by atoms with Crippen molar-refractivity contribution in [3.05, 3.63) is 84.2 Å². The summed E-state index contributed by atoms with van der Waals surface area (Å²) in [6.07, 6.45) is 2.36. The Labute approximate surface area is 212 Å². The van der Waals surface area contributed by atoms with Crippen LogP contribution in [-0.2, 0) is 11.3 Å². The van der Waals surface area contributed by atoms with Crippen molar-refractivity contribution in [2.45, 2.75) is 45.6 Å². The molecule has 0 N–H and O–H groups in total. The van der Waals surface area contributed by atoms with Gasteiger partial charge in [0.2, 0.25) is 5.91 Å². The number of ether oxygens (including phenoxy) is 2. The highest BCUT2D eigenvalue weighted by molar-refractivity contribution is 5.97. The van der Waals surface area contributed by atoms with Crippen molar-refractivity contribution in [1.82, 2.24) is 9.55 Å². The molecule has 4 aromatic rings. The number of aromatic nitrogens is 2. The maximum Gasteiger partial charge on any atom is 0.227 e. The van der Waals surface area contributed by atoms with Gasteiger partial charge < -0.3 is 18.9 Å². The predicted octanol–water partition coefficient (Wildman–Crippen LogP) is 6.12. The van der Waals surface area contributed by atoms with E-state index in [4.69, 9.17) is 14.5 Å². The maximum atomic E-state index is 13.1. The maximum absolute atomic E-state index is 13.1. The van der Waals surface area contributed by atoms with E-state index in [0.717, 1.165) is 53.4 Å². The molecule has 1 unspecified atom stereocenters. The quantitative estimate of drug-likeness (QED) is 0.255. The third-order valence-electron chi connectivity index (χ3n) is 6.70. The van der Waals surface area contributed by atoms with Gasteiger partial charge in [0.1, 0.15) is 17.3 Å². The van der Waals surface area contributed by atoms with Crippen molar-refractivity contribution in [2.24, 2.45) is 0 Å². The monoisotopic (exact) mass is 483 g/mol. The lowest BCUT2D eigenvalue weighted by atomic mass is 10.1. The second-order valence-corrected chi connectivity index (χ2v) is 9.29. The summed E-state index contributed by atoms with van der Waals surface area (Å²) in [6.45, 7) is 6.71. The second-order valence-electron chi connectivity index (χ2n) is 9.29. The summed E-state index contributed by atoms with van der Waals surface area (Å²) in [5.74, 6) is 2.78. The standard InChI is InChI=1S/C30H33N3O3/c1-3-35-28-13-7-6-12-27(28)33-21-23(20-29(33)34)30-31-25-10-4-5-11-26(25)32(30)18-8-9-19-36-24-16-14-22(2)15-17-24/h4-7,10-17,23H,3,8-9,18-21H2,1-2H3. The highest BCUT2D eigenvalue weighted by Crippen LogP contribution is 2.37. The van der Waals surface area contributed by atoms with Crippen LogP contribution in [0.15, 0.2) is 72.8 Å². The van der Waals surface area contributed by atoms with E-state index in [9.17, 15) is 4.79 Å². The Hall–Kier alpha value is -3.80. The molecule has 0 bridgehead atoms. The van der Waals surface area contributed by atoms with Crippen LogP contribution in [0.3, 0.4) is 0 Å². The fourth-order valence-electron chi connectivity index (χ4n) is 4.91. The first-order valence-electron chi connectivity index (χ1n) is 12.8. The van der Waals surface area contributed by atoms with Gasteiger partial charge in [0.15, 0.2) is 0 Å². The van der Waals surface area contributed by atoms with Gasteiger partial charge in [-0.2, -0.15) is 0 Å². The van der Waals surface area contributed by atoms with Gasteiger partial charge >= 0.3 is 0 Å². The third-order valence-corrected chi connectivity index (χ3v) is 6.70. The summed E-state index contributed by atoms with van der Waals surface area (Å²) in [4.78, 5) is 20.0. The molecule has 6 nitrogen and oxygen atoms in total. The largest absolute Gasteiger partial charge is 0.494 e. The summed E-state index contributed by atoms with van der Waals surface area (Å²) in [5, 5.41) is 0. The highest BCUT2D eigenvalue weighted by atomic mass is 16.5. The van der Waals surface area contributed by atoms with Crippen molar-refractivity contribution in [3.8, 4) is 11.5 Å². The molecule has 0 radical (unpaired) electrons. The number of imidazole rings is 1. The molecule has 1 atom stereocenters. The predicted molar refractivity (Wildman–Crippen MR) is 143 cm³/mol. The van der Waals surface area contributed by atoms with Crippen LogP contribution in [0.5, 0.6) is 11.5 Å². The second kappa shape index (κ2) is 10.9. The van der Waals surface area contributed by atoms with Gasteiger partial charge in [-0.3, -0.25) is 4.79 Å². The number of benzene rings is 3. The highest BCUT2D eigenvalue weighted by Gasteiger charge is 2.35. The molecule has 1 aliphatic rings. The number of fused-ring (bicyclic) bond motifs is 1.